The number of nitrogens with zero attached hydrogens (tertiary/aromatic N) is 2. The van der Waals surface area contributed by atoms with E-state index in [2.05, 4.69) is 0 Å². The molecule has 7 heteroatoms. The van der Waals surface area contributed by atoms with Crippen molar-refractivity contribution < 1.29 is 23.1 Å². The fraction of sp³-hybridized carbons (Fsp3) is 0.778. The van der Waals surface area contributed by atoms with E-state index >= 15 is 0 Å². The molecule has 92 valence electrons. The van der Waals surface area contributed by atoms with E-state index in [-0.39, 0.29) is 6.42 Å². The lowest BCUT2D eigenvalue weighted by molar-refractivity contribution is -0.166. The molecule has 0 amide bonds. The van der Waals surface area contributed by atoms with Crippen molar-refractivity contribution in [1.29, 1.82) is 5.26 Å². The molecule has 0 aliphatic carbocycles. The maximum Gasteiger partial charge on any atom is 0.405 e. The molecule has 0 saturated carbocycles. The number of nitriles is 1. The van der Waals surface area contributed by atoms with Gasteiger partial charge in [0.05, 0.1) is 6.07 Å². The van der Waals surface area contributed by atoms with Gasteiger partial charge in [-0.2, -0.15) is 18.4 Å². The molecular formula is C9H13F3N2O2. The molecule has 2 atom stereocenters. The van der Waals surface area contributed by atoms with Crippen molar-refractivity contribution in [3.63, 3.8) is 0 Å². The van der Waals surface area contributed by atoms with E-state index in [4.69, 9.17) is 10.4 Å². The average molecular weight is 238 g/mol. The lowest BCUT2D eigenvalue weighted by atomic mass is 10.1. The molecule has 0 aromatic rings. The Hall–Kier alpha value is -1.29. The van der Waals surface area contributed by atoms with Crippen molar-refractivity contribution in [3.8, 4) is 6.07 Å². The summed E-state index contributed by atoms with van der Waals surface area (Å²) in [5, 5.41) is 17.1. The minimum Gasteiger partial charge on any atom is -0.480 e. The summed E-state index contributed by atoms with van der Waals surface area (Å²) in [5.41, 5.74) is 0. The zero-order chi connectivity index (χ0) is 12.9. The zero-order valence-corrected chi connectivity index (χ0v) is 8.95. The molecule has 0 bridgehead atoms. The summed E-state index contributed by atoms with van der Waals surface area (Å²) in [4.78, 5) is 11.7. The molecule has 1 N–H and O–H groups in total. The summed E-state index contributed by atoms with van der Waals surface area (Å²) >= 11 is 0. The molecule has 0 radical (unpaired) electrons. The Labute approximate surface area is 91.3 Å². The summed E-state index contributed by atoms with van der Waals surface area (Å²) in [6.45, 7) is 0.926. The highest BCUT2D eigenvalue weighted by atomic mass is 19.4. The molecule has 0 heterocycles. The number of carbonyl (C=O) groups is 1. The standard InChI is InChI=1S/C9H13F3N2O2/c1-3-7(8(15)16)14(2)5-6(4-13)9(10,11)12/h6-7H,3,5H2,1-2H3,(H,15,16). The molecule has 0 aliphatic rings. The van der Waals surface area contributed by atoms with Crippen LogP contribution >= 0.6 is 0 Å². The normalized spacial score (nSPS) is 15.6. The summed E-state index contributed by atoms with van der Waals surface area (Å²) in [7, 11) is 1.26. The van der Waals surface area contributed by atoms with E-state index in [1.807, 2.05) is 0 Å². The number of halogens is 3. The van der Waals surface area contributed by atoms with Gasteiger partial charge in [0.2, 0.25) is 0 Å². The summed E-state index contributed by atoms with van der Waals surface area (Å²) < 4.78 is 36.8. The largest absolute Gasteiger partial charge is 0.480 e. The second-order valence-corrected chi connectivity index (χ2v) is 3.43. The van der Waals surface area contributed by atoms with Gasteiger partial charge in [-0.25, -0.2) is 0 Å². The van der Waals surface area contributed by atoms with Crippen LogP contribution in [0.25, 0.3) is 0 Å². The molecule has 4 nitrogen and oxygen atoms in total. The molecule has 0 aliphatic heterocycles. The molecule has 2 unspecified atom stereocenters. The van der Waals surface area contributed by atoms with E-state index < -0.39 is 30.7 Å². The molecule has 0 fully saturated rings. The Morgan fingerprint density at radius 2 is 2.06 bits per heavy atom. The quantitative estimate of drug-likeness (QED) is 0.788. The van der Waals surface area contributed by atoms with E-state index in [1.165, 1.54) is 7.05 Å². The zero-order valence-electron chi connectivity index (χ0n) is 8.95. The Kier molecular flexibility index (Phi) is 5.24. The fourth-order valence-electron chi connectivity index (χ4n) is 1.31. The van der Waals surface area contributed by atoms with Gasteiger partial charge < -0.3 is 5.11 Å². The van der Waals surface area contributed by atoms with E-state index in [0.717, 1.165) is 11.0 Å². The van der Waals surface area contributed by atoms with Gasteiger partial charge in [0.1, 0.15) is 6.04 Å². The molecule has 0 spiro atoms. The van der Waals surface area contributed by atoms with Gasteiger partial charge in [0.25, 0.3) is 0 Å². The van der Waals surface area contributed by atoms with E-state index in [9.17, 15) is 18.0 Å². The molecule has 16 heavy (non-hydrogen) atoms. The first-order valence-corrected chi connectivity index (χ1v) is 4.63. The predicted octanol–water partition coefficient (Wildman–Crippen LogP) is 1.48. The number of likely N-dealkylation sites (N-methyl/N-ethyl adjacent to an activating group) is 1. The van der Waals surface area contributed by atoms with Gasteiger partial charge in [-0.05, 0) is 13.5 Å². The first-order valence-electron chi connectivity index (χ1n) is 4.63. The third-order valence-corrected chi connectivity index (χ3v) is 2.23. The lowest BCUT2D eigenvalue weighted by Gasteiger charge is -2.26. The number of rotatable bonds is 5. The van der Waals surface area contributed by atoms with Crippen LogP contribution in [-0.2, 0) is 4.79 Å². The highest BCUT2D eigenvalue weighted by Crippen LogP contribution is 2.26. The highest BCUT2D eigenvalue weighted by Gasteiger charge is 2.41. The second kappa shape index (κ2) is 5.70. The number of hydrogen-bond donors (Lipinski definition) is 1. The third kappa shape index (κ3) is 4.06. The van der Waals surface area contributed by atoms with Crippen LogP contribution < -0.4 is 0 Å². The summed E-state index contributed by atoms with van der Waals surface area (Å²) in [5.74, 6) is -3.35. The first kappa shape index (κ1) is 14.7. The van der Waals surface area contributed by atoms with Crippen molar-refractivity contribution in [2.24, 2.45) is 5.92 Å². The topological polar surface area (TPSA) is 64.3 Å². The van der Waals surface area contributed by atoms with Gasteiger partial charge in [0.15, 0.2) is 5.92 Å². The Morgan fingerprint density at radius 1 is 1.56 bits per heavy atom. The Bertz CT molecular complexity index is 285. The molecule has 0 aromatic carbocycles. The molecule has 0 rings (SSSR count). The minimum atomic E-state index is -4.63. The van der Waals surface area contributed by atoms with Crippen LogP contribution in [0.2, 0.25) is 0 Å². The van der Waals surface area contributed by atoms with Gasteiger partial charge in [0, 0.05) is 6.54 Å². The summed E-state index contributed by atoms with van der Waals surface area (Å²) in [6, 6.07) is 0.130. The monoisotopic (exact) mass is 238 g/mol. The van der Waals surface area contributed by atoms with Crippen molar-refractivity contribution in [2.75, 3.05) is 13.6 Å². The fourth-order valence-corrected chi connectivity index (χ4v) is 1.31. The van der Waals surface area contributed by atoms with Gasteiger partial charge >= 0.3 is 12.1 Å². The number of hydrogen-bond acceptors (Lipinski definition) is 3. The second-order valence-electron chi connectivity index (χ2n) is 3.43. The van der Waals surface area contributed by atoms with Crippen molar-refractivity contribution in [1.82, 2.24) is 4.90 Å². The molecule has 0 saturated heterocycles. The minimum absolute atomic E-state index is 0.182. The number of aliphatic carboxylic acids is 1. The maximum absolute atomic E-state index is 12.3. The van der Waals surface area contributed by atoms with Crippen LogP contribution in [0.3, 0.4) is 0 Å². The van der Waals surface area contributed by atoms with Crippen molar-refractivity contribution >= 4 is 5.97 Å². The Balaban J connectivity index is 4.59. The van der Waals surface area contributed by atoms with E-state index in [0.29, 0.717) is 0 Å². The van der Waals surface area contributed by atoms with Gasteiger partial charge in [-0.3, -0.25) is 9.69 Å². The van der Waals surface area contributed by atoms with Crippen molar-refractivity contribution in [3.05, 3.63) is 0 Å². The van der Waals surface area contributed by atoms with Gasteiger partial charge in [-0.1, -0.05) is 6.92 Å². The van der Waals surface area contributed by atoms with Crippen molar-refractivity contribution in [2.45, 2.75) is 25.6 Å². The smallest absolute Gasteiger partial charge is 0.405 e. The molecular weight excluding hydrogens is 225 g/mol. The number of carboxylic acid groups (broad SMARTS) is 1. The van der Waals surface area contributed by atoms with Crippen LogP contribution in [0.1, 0.15) is 13.3 Å². The first-order chi connectivity index (χ1) is 7.23. The van der Waals surface area contributed by atoms with Crippen LogP contribution in [0.15, 0.2) is 0 Å². The average Bonchev–Trinajstić information content (AvgIpc) is 2.12. The van der Waals surface area contributed by atoms with Crippen LogP contribution in [0.5, 0.6) is 0 Å². The Morgan fingerprint density at radius 3 is 2.31 bits per heavy atom. The van der Waals surface area contributed by atoms with Gasteiger partial charge in [-0.15, -0.1) is 0 Å². The van der Waals surface area contributed by atoms with E-state index in [1.54, 1.807) is 6.92 Å². The third-order valence-electron chi connectivity index (χ3n) is 2.23. The molecule has 0 aromatic heterocycles. The summed E-state index contributed by atoms with van der Waals surface area (Å²) in [6.07, 6.45) is -4.44. The maximum atomic E-state index is 12.3. The van der Waals surface area contributed by atoms with Crippen LogP contribution in [0, 0.1) is 17.2 Å². The highest BCUT2D eigenvalue weighted by molar-refractivity contribution is 5.73. The predicted molar refractivity (Wildman–Crippen MR) is 49.5 cm³/mol. The van der Waals surface area contributed by atoms with Crippen LogP contribution in [0.4, 0.5) is 13.2 Å². The van der Waals surface area contributed by atoms with Crippen LogP contribution in [-0.4, -0.2) is 41.8 Å². The lowest BCUT2D eigenvalue weighted by Crippen LogP contribution is -2.43. The number of alkyl halides is 3. The SMILES string of the molecule is CCC(C(=O)O)N(C)CC(C#N)C(F)(F)F. The number of carboxylic acids is 1.